The SMILES string of the molecule is Cc1nc2n(n1)[C@@H](c1ccc(Cl)cc1Cl)C1=C(C[C@H](C)CC1=O)N2. The fraction of sp³-hybridized carbons (Fsp3) is 0.353. The molecule has 0 bridgehead atoms. The van der Waals surface area contributed by atoms with Crippen LogP contribution in [0.1, 0.15) is 37.2 Å². The molecule has 0 amide bonds. The molecule has 1 aliphatic heterocycles. The third-order valence-corrected chi connectivity index (χ3v) is 5.05. The molecule has 2 aliphatic rings. The van der Waals surface area contributed by atoms with E-state index in [0.717, 1.165) is 23.3 Å². The first-order valence-electron chi connectivity index (χ1n) is 7.85. The first-order chi connectivity index (χ1) is 11.4. The number of rotatable bonds is 1. The molecule has 7 heteroatoms. The quantitative estimate of drug-likeness (QED) is 0.827. The zero-order valence-electron chi connectivity index (χ0n) is 13.3. The molecule has 24 heavy (non-hydrogen) atoms. The van der Waals surface area contributed by atoms with E-state index in [4.69, 9.17) is 23.2 Å². The number of fused-ring (bicyclic) bond motifs is 1. The minimum atomic E-state index is -0.373. The smallest absolute Gasteiger partial charge is 0.226 e. The van der Waals surface area contributed by atoms with Crippen LogP contribution < -0.4 is 5.32 Å². The summed E-state index contributed by atoms with van der Waals surface area (Å²) in [5.74, 6) is 1.73. The fourth-order valence-corrected chi connectivity index (χ4v) is 4.04. The van der Waals surface area contributed by atoms with Gasteiger partial charge in [-0.2, -0.15) is 10.1 Å². The molecule has 0 spiro atoms. The number of hydrogen-bond donors (Lipinski definition) is 1. The van der Waals surface area contributed by atoms with Crippen molar-refractivity contribution in [3.05, 3.63) is 50.9 Å². The monoisotopic (exact) mass is 362 g/mol. The van der Waals surface area contributed by atoms with E-state index in [2.05, 4.69) is 22.3 Å². The zero-order valence-corrected chi connectivity index (χ0v) is 14.8. The van der Waals surface area contributed by atoms with Gasteiger partial charge < -0.3 is 5.32 Å². The van der Waals surface area contributed by atoms with Crippen molar-refractivity contribution < 1.29 is 4.79 Å². The molecule has 0 saturated carbocycles. The molecule has 2 heterocycles. The van der Waals surface area contributed by atoms with E-state index in [0.29, 0.717) is 34.2 Å². The second kappa shape index (κ2) is 5.60. The number of hydrogen-bond acceptors (Lipinski definition) is 4. The van der Waals surface area contributed by atoms with Gasteiger partial charge in [0, 0.05) is 33.3 Å². The average Bonchev–Trinajstić information content (AvgIpc) is 2.85. The Balaban J connectivity index is 1.95. The Bertz CT molecular complexity index is 887. The van der Waals surface area contributed by atoms with Gasteiger partial charge in [0.05, 0.1) is 0 Å². The van der Waals surface area contributed by atoms with Crippen LogP contribution in [0.15, 0.2) is 29.5 Å². The van der Waals surface area contributed by atoms with E-state index in [9.17, 15) is 4.79 Å². The Morgan fingerprint density at radius 2 is 2.08 bits per heavy atom. The van der Waals surface area contributed by atoms with E-state index in [1.165, 1.54) is 0 Å². The van der Waals surface area contributed by atoms with Crippen molar-refractivity contribution in [2.75, 3.05) is 5.32 Å². The fourth-order valence-electron chi connectivity index (χ4n) is 3.52. The number of nitrogens with zero attached hydrogens (tertiary/aromatic N) is 3. The molecule has 0 saturated heterocycles. The predicted molar refractivity (Wildman–Crippen MR) is 93.4 cm³/mol. The lowest BCUT2D eigenvalue weighted by molar-refractivity contribution is -0.117. The van der Waals surface area contributed by atoms with Crippen LogP contribution in [0.3, 0.4) is 0 Å². The number of Topliss-reactive ketones (excluding diaryl/α,β-unsaturated/α-hetero) is 1. The summed E-state index contributed by atoms with van der Waals surface area (Å²) in [6.07, 6.45) is 1.35. The van der Waals surface area contributed by atoms with Crippen LogP contribution in [0.4, 0.5) is 5.95 Å². The summed E-state index contributed by atoms with van der Waals surface area (Å²) >= 11 is 12.5. The number of halogens is 2. The van der Waals surface area contributed by atoms with E-state index >= 15 is 0 Å². The summed E-state index contributed by atoms with van der Waals surface area (Å²) in [6.45, 7) is 3.91. The number of carbonyl (C=O) groups is 1. The van der Waals surface area contributed by atoms with Crippen molar-refractivity contribution in [3.63, 3.8) is 0 Å². The third-order valence-electron chi connectivity index (χ3n) is 4.49. The molecule has 5 nitrogen and oxygen atoms in total. The highest BCUT2D eigenvalue weighted by Gasteiger charge is 2.39. The second-order valence-electron chi connectivity index (χ2n) is 6.45. The minimum absolute atomic E-state index is 0.131. The van der Waals surface area contributed by atoms with Crippen molar-refractivity contribution in [1.82, 2.24) is 14.8 Å². The number of carbonyl (C=O) groups excluding carboxylic acids is 1. The zero-order chi connectivity index (χ0) is 17.0. The highest BCUT2D eigenvalue weighted by Crippen LogP contribution is 2.43. The van der Waals surface area contributed by atoms with E-state index in [-0.39, 0.29) is 11.8 Å². The van der Waals surface area contributed by atoms with Gasteiger partial charge in [-0.15, -0.1) is 0 Å². The van der Waals surface area contributed by atoms with Gasteiger partial charge in [0.2, 0.25) is 5.95 Å². The van der Waals surface area contributed by atoms with E-state index < -0.39 is 0 Å². The van der Waals surface area contributed by atoms with Crippen LogP contribution in [0.2, 0.25) is 10.0 Å². The second-order valence-corrected chi connectivity index (χ2v) is 7.29. The van der Waals surface area contributed by atoms with Crippen molar-refractivity contribution in [2.24, 2.45) is 5.92 Å². The van der Waals surface area contributed by atoms with Gasteiger partial charge in [-0.25, -0.2) is 4.68 Å². The molecule has 1 N–H and O–H groups in total. The lowest BCUT2D eigenvalue weighted by Crippen LogP contribution is -2.33. The van der Waals surface area contributed by atoms with Gasteiger partial charge in [0.1, 0.15) is 11.9 Å². The maximum absolute atomic E-state index is 12.8. The maximum Gasteiger partial charge on any atom is 0.226 e. The molecule has 1 aliphatic carbocycles. The molecular formula is C17H16Cl2N4O. The highest BCUT2D eigenvalue weighted by atomic mass is 35.5. The van der Waals surface area contributed by atoms with Gasteiger partial charge >= 0.3 is 0 Å². The first-order valence-corrected chi connectivity index (χ1v) is 8.61. The van der Waals surface area contributed by atoms with E-state index in [1.807, 2.05) is 13.0 Å². The number of aromatic nitrogens is 3. The Morgan fingerprint density at radius 3 is 2.83 bits per heavy atom. The summed E-state index contributed by atoms with van der Waals surface area (Å²) in [4.78, 5) is 17.2. The summed E-state index contributed by atoms with van der Waals surface area (Å²) < 4.78 is 1.75. The normalized spacial score (nSPS) is 22.9. The van der Waals surface area contributed by atoms with Crippen molar-refractivity contribution in [1.29, 1.82) is 0 Å². The third kappa shape index (κ3) is 2.43. The lowest BCUT2D eigenvalue weighted by atomic mass is 9.81. The average molecular weight is 363 g/mol. The van der Waals surface area contributed by atoms with Crippen LogP contribution in [-0.4, -0.2) is 20.5 Å². The molecule has 0 radical (unpaired) electrons. The van der Waals surface area contributed by atoms with Gasteiger partial charge in [-0.05, 0) is 31.4 Å². The molecule has 124 valence electrons. The molecule has 2 aromatic rings. The predicted octanol–water partition coefficient (Wildman–Crippen LogP) is 4.16. The molecule has 0 unspecified atom stereocenters. The van der Waals surface area contributed by atoms with Crippen molar-refractivity contribution in [2.45, 2.75) is 32.7 Å². The number of ketones is 1. The molecule has 2 atom stereocenters. The number of allylic oxidation sites excluding steroid dienone is 2. The molecule has 0 fully saturated rings. The maximum atomic E-state index is 12.8. The van der Waals surface area contributed by atoms with Crippen LogP contribution in [0.25, 0.3) is 0 Å². The van der Waals surface area contributed by atoms with Crippen LogP contribution in [0.5, 0.6) is 0 Å². The Hall–Kier alpha value is -1.85. The van der Waals surface area contributed by atoms with Crippen LogP contribution in [0, 0.1) is 12.8 Å². The number of benzene rings is 1. The van der Waals surface area contributed by atoms with Crippen LogP contribution >= 0.6 is 23.2 Å². The summed E-state index contributed by atoms with van der Waals surface area (Å²) in [6, 6.07) is 4.96. The van der Waals surface area contributed by atoms with E-state index in [1.54, 1.807) is 16.8 Å². The largest absolute Gasteiger partial charge is 0.328 e. The Morgan fingerprint density at radius 1 is 1.29 bits per heavy atom. The standard InChI is InChI=1S/C17H16Cl2N4O/c1-8-5-13-15(14(24)6-8)16(11-4-3-10(18)7-12(11)19)23-17(21-13)20-9(2)22-23/h3-4,7-8,16H,5-6H2,1-2H3,(H,20,21,22)/t8-,16-/m0/s1. The summed E-state index contributed by atoms with van der Waals surface area (Å²) in [5.41, 5.74) is 2.47. The van der Waals surface area contributed by atoms with Gasteiger partial charge in [0.25, 0.3) is 0 Å². The number of aryl methyl sites for hydroxylation is 1. The van der Waals surface area contributed by atoms with Gasteiger partial charge in [-0.3, -0.25) is 4.79 Å². The lowest BCUT2D eigenvalue weighted by Gasteiger charge is -2.34. The molecule has 1 aromatic heterocycles. The molecule has 1 aromatic carbocycles. The van der Waals surface area contributed by atoms with Crippen molar-refractivity contribution >= 4 is 34.9 Å². The van der Waals surface area contributed by atoms with Crippen molar-refractivity contribution in [3.8, 4) is 0 Å². The minimum Gasteiger partial charge on any atom is -0.328 e. The topological polar surface area (TPSA) is 59.8 Å². The molecular weight excluding hydrogens is 347 g/mol. The Labute approximate surface area is 149 Å². The van der Waals surface area contributed by atoms with Crippen LogP contribution in [-0.2, 0) is 4.79 Å². The highest BCUT2D eigenvalue weighted by molar-refractivity contribution is 6.35. The molecule has 4 rings (SSSR count). The summed E-state index contributed by atoms with van der Waals surface area (Å²) in [7, 11) is 0. The Kier molecular flexibility index (Phi) is 3.66. The van der Waals surface area contributed by atoms with Gasteiger partial charge in [0.15, 0.2) is 5.78 Å². The van der Waals surface area contributed by atoms with Gasteiger partial charge in [-0.1, -0.05) is 36.2 Å². The first kappa shape index (κ1) is 15.7. The number of anilines is 1. The number of nitrogens with one attached hydrogen (secondary N) is 1. The summed E-state index contributed by atoms with van der Waals surface area (Å²) in [5, 5.41) is 8.85.